The summed E-state index contributed by atoms with van der Waals surface area (Å²) in [5.41, 5.74) is 1.87. The van der Waals surface area contributed by atoms with Gasteiger partial charge in [-0.15, -0.1) is 0 Å². The van der Waals surface area contributed by atoms with Crippen LogP contribution in [0.1, 0.15) is 30.5 Å². The van der Waals surface area contributed by atoms with Gasteiger partial charge >= 0.3 is 0 Å². The molecule has 1 fully saturated rings. The van der Waals surface area contributed by atoms with Gasteiger partial charge in [0.25, 0.3) is 0 Å². The van der Waals surface area contributed by atoms with E-state index < -0.39 is 6.10 Å². The molecule has 0 saturated carbocycles. The molecule has 0 radical (unpaired) electrons. The second-order valence-corrected chi connectivity index (χ2v) is 7.52. The molecule has 7 heteroatoms. The lowest BCUT2D eigenvalue weighted by Crippen LogP contribution is -2.51. The Morgan fingerprint density at radius 2 is 1.87 bits per heavy atom. The van der Waals surface area contributed by atoms with Crippen LogP contribution in [0.25, 0.3) is 0 Å². The minimum Gasteiger partial charge on any atom is -0.394 e. The van der Waals surface area contributed by atoms with Gasteiger partial charge in [0.05, 0.1) is 31.6 Å². The van der Waals surface area contributed by atoms with Crippen molar-refractivity contribution in [1.29, 1.82) is 0 Å². The molecule has 2 aromatic rings. The molecule has 1 aliphatic rings. The van der Waals surface area contributed by atoms with Gasteiger partial charge in [-0.05, 0) is 37.0 Å². The maximum absolute atomic E-state index is 12.3. The lowest BCUT2D eigenvalue weighted by atomic mass is 9.96. The smallest absolute Gasteiger partial charge is 0.226 e. The molecule has 160 valence electrons. The average molecular weight is 412 g/mol. The van der Waals surface area contributed by atoms with E-state index in [1.165, 1.54) is 5.56 Å². The summed E-state index contributed by atoms with van der Waals surface area (Å²) in [5, 5.41) is 15.5. The number of amides is 2. The van der Waals surface area contributed by atoms with Gasteiger partial charge in [-0.25, -0.2) is 0 Å². The van der Waals surface area contributed by atoms with Crippen molar-refractivity contribution < 1.29 is 19.4 Å². The van der Waals surface area contributed by atoms with Gasteiger partial charge in [0.2, 0.25) is 11.8 Å². The van der Waals surface area contributed by atoms with E-state index in [1.807, 2.05) is 36.4 Å². The van der Waals surface area contributed by atoms with Crippen molar-refractivity contribution in [3.63, 3.8) is 0 Å². The lowest BCUT2D eigenvalue weighted by molar-refractivity contribution is -0.135. The predicted molar refractivity (Wildman–Crippen MR) is 113 cm³/mol. The van der Waals surface area contributed by atoms with Crippen molar-refractivity contribution in [1.82, 2.24) is 15.6 Å². The van der Waals surface area contributed by atoms with E-state index in [2.05, 4.69) is 15.6 Å². The lowest BCUT2D eigenvalue weighted by Gasteiger charge is -2.36. The van der Waals surface area contributed by atoms with E-state index in [9.17, 15) is 14.7 Å². The summed E-state index contributed by atoms with van der Waals surface area (Å²) in [6.07, 6.45) is 3.39. The van der Waals surface area contributed by atoms with Gasteiger partial charge in [0.15, 0.2) is 0 Å². The van der Waals surface area contributed by atoms with Crippen molar-refractivity contribution in [3.8, 4) is 0 Å². The molecule has 30 heavy (non-hydrogen) atoms. The number of pyridine rings is 1. The highest BCUT2D eigenvalue weighted by Gasteiger charge is 2.32. The Labute approximate surface area is 176 Å². The number of benzene rings is 1. The Morgan fingerprint density at radius 1 is 1.07 bits per heavy atom. The monoisotopic (exact) mass is 411 g/mol. The molecule has 1 aromatic heterocycles. The Morgan fingerprint density at radius 3 is 2.60 bits per heavy atom. The van der Waals surface area contributed by atoms with Crippen LogP contribution in [0.5, 0.6) is 0 Å². The van der Waals surface area contributed by atoms with Gasteiger partial charge < -0.3 is 20.5 Å². The number of aliphatic hydroxyl groups excluding tert-OH is 1. The van der Waals surface area contributed by atoms with Crippen LogP contribution in [-0.4, -0.2) is 53.3 Å². The summed E-state index contributed by atoms with van der Waals surface area (Å²) in [6.45, 7) is 0.367. The van der Waals surface area contributed by atoms with E-state index in [4.69, 9.17) is 4.74 Å². The molecular formula is C23H29N3O4. The summed E-state index contributed by atoms with van der Waals surface area (Å²) in [7, 11) is 0. The molecule has 2 heterocycles. The number of carbonyl (C=O) groups is 2. The van der Waals surface area contributed by atoms with Crippen LogP contribution in [0.4, 0.5) is 0 Å². The predicted octanol–water partition coefficient (Wildman–Crippen LogP) is 1.40. The second-order valence-electron chi connectivity index (χ2n) is 7.52. The minimum absolute atomic E-state index is 0.0646. The Balaban J connectivity index is 1.40. The zero-order valence-corrected chi connectivity index (χ0v) is 17.0. The summed E-state index contributed by atoms with van der Waals surface area (Å²) in [5.74, 6) is -0.219. The first-order valence-electron chi connectivity index (χ1n) is 10.4. The van der Waals surface area contributed by atoms with E-state index in [0.29, 0.717) is 25.1 Å². The zero-order chi connectivity index (χ0) is 21.2. The van der Waals surface area contributed by atoms with Crippen molar-refractivity contribution in [2.75, 3.05) is 13.2 Å². The second kappa shape index (κ2) is 11.4. The molecule has 3 rings (SSSR count). The first-order valence-corrected chi connectivity index (χ1v) is 10.4. The Bertz CT molecular complexity index is 801. The highest BCUT2D eigenvalue weighted by atomic mass is 16.5. The highest BCUT2D eigenvalue weighted by Crippen LogP contribution is 2.22. The summed E-state index contributed by atoms with van der Waals surface area (Å²) < 4.78 is 5.89. The topological polar surface area (TPSA) is 101 Å². The van der Waals surface area contributed by atoms with Crippen molar-refractivity contribution in [2.45, 2.75) is 50.4 Å². The first kappa shape index (κ1) is 21.9. The molecular weight excluding hydrogens is 382 g/mol. The molecule has 3 atom stereocenters. The number of aliphatic hydroxyl groups is 1. The Hall–Kier alpha value is -2.77. The van der Waals surface area contributed by atoms with Crippen molar-refractivity contribution in [2.24, 2.45) is 0 Å². The number of carbonyl (C=O) groups excluding carboxylic acids is 2. The van der Waals surface area contributed by atoms with Crippen LogP contribution < -0.4 is 10.6 Å². The summed E-state index contributed by atoms with van der Waals surface area (Å²) >= 11 is 0. The molecule has 1 saturated heterocycles. The maximum atomic E-state index is 12.3. The molecule has 0 unspecified atom stereocenters. The van der Waals surface area contributed by atoms with E-state index >= 15 is 0 Å². The number of hydrogen-bond acceptors (Lipinski definition) is 5. The van der Waals surface area contributed by atoms with Crippen LogP contribution in [0.2, 0.25) is 0 Å². The fourth-order valence-electron chi connectivity index (χ4n) is 3.64. The molecule has 0 spiro atoms. The van der Waals surface area contributed by atoms with E-state index in [1.54, 1.807) is 18.3 Å². The van der Waals surface area contributed by atoms with Gasteiger partial charge in [-0.1, -0.05) is 36.4 Å². The third-order valence-electron chi connectivity index (χ3n) is 5.20. The van der Waals surface area contributed by atoms with Crippen LogP contribution in [-0.2, 0) is 27.2 Å². The van der Waals surface area contributed by atoms with Gasteiger partial charge in [-0.2, -0.15) is 0 Å². The number of nitrogens with one attached hydrogen (secondary N) is 2. The van der Waals surface area contributed by atoms with Crippen LogP contribution in [0.15, 0.2) is 54.7 Å². The maximum Gasteiger partial charge on any atom is 0.226 e. The number of hydrogen-bond donors (Lipinski definition) is 3. The van der Waals surface area contributed by atoms with Crippen LogP contribution >= 0.6 is 0 Å². The number of rotatable bonds is 9. The van der Waals surface area contributed by atoms with E-state index in [0.717, 1.165) is 6.42 Å². The first-order chi connectivity index (χ1) is 14.6. The summed E-state index contributed by atoms with van der Waals surface area (Å²) in [4.78, 5) is 28.7. The zero-order valence-electron chi connectivity index (χ0n) is 17.0. The fraction of sp³-hybridized carbons (Fsp3) is 0.435. The number of aromatic nitrogens is 1. The molecule has 1 aliphatic heterocycles. The average Bonchev–Trinajstić information content (AvgIpc) is 2.76. The number of nitrogens with zero attached hydrogens (tertiary/aromatic N) is 1. The molecule has 1 aromatic carbocycles. The highest BCUT2D eigenvalue weighted by molar-refractivity contribution is 5.78. The van der Waals surface area contributed by atoms with Gasteiger partial charge in [0.1, 0.15) is 6.10 Å². The summed E-state index contributed by atoms with van der Waals surface area (Å²) in [6, 6.07) is 15.2. The normalized spacial score (nSPS) is 21.0. The van der Waals surface area contributed by atoms with E-state index in [-0.39, 0.29) is 43.4 Å². The largest absolute Gasteiger partial charge is 0.394 e. The minimum atomic E-state index is -0.520. The standard InChI is InChI=1S/C23H29N3O4/c27-16-21-20(26-23(29)14-18-8-4-5-12-24-18)10-9-19(30-21)15-22(28)25-13-11-17-6-2-1-3-7-17/h1-8,12,19-21,27H,9-11,13-16H2,(H,25,28)(H,26,29)/t19-,20-,21-/m1/s1. The number of ether oxygens (including phenoxy) is 1. The molecule has 7 nitrogen and oxygen atoms in total. The van der Waals surface area contributed by atoms with Crippen molar-refractivity contribution >= 4 is 11.8 Å². The van der Waals surface area contributed by atoms with Crippen molar-refractivity contribution in [3.05, 3.63) is 66.0 Å². The SMILES string of the molecule is O=C(C[C@H]1CC[C@@H](NC(=O)Cc2ccccn2)[C@@H](CO)O1)NCCc1ccccc1. The van der Waals surface area contributed by atoms with Crippen LogP contribution in [0, 0.1) is 0 Å². The fourth-order valence-corrected chi connectivity index (χ4v) is 3.64. The van der Waals surface area contributed by atoms with Crippen LogP contribution in [0.3, 0.4) is 0 Å². The Kier molecular flexibility index (Phi) is 8.35. The molecule has 0 aliphatic carbocycles. The molecule has 2 amide bonds. The quantitative estimate of drug-likeness (QED) is 0.579. The van der Waals surface area contributed by atoms with Gasteiger partial charge in [-0.3, -0.25) is 14.6 Å². The van der Waals surface area contributed by atoms with Gasteiger partial charge in [0, 0.05) is 18.4 Å². The third-order valence-corrected chi connectivity index (χ3v) is 5.20. The third kappa shape index (κ3) is 6.93. The molecule has 0 bridgehead atoms. The molecule has 3 N–H and O–H groups in total.